The molecule has 2 aromatic carbocycles. The molecule has 0 saturated heterocycles. The first-order chi connectivity index (χ1) is 11.4. The Balaban J connectivity index is 1.96. The number of ketones is 1. The molecule has 24 heavy (non-hydrogen) atoms. The Bertz CT molecular complexity index is 807. The highest BCUT2D eigenvalue weighted by Gasteiger charge is 2.12. The topological polar surface area (TPSA) is 43.4 Å². The number of halogens is 1. The van der Waals surface area contributed by atoms with Gasteiger partial charge in [-0.25, -0.2) is 4.79 Å². The van der Waals surface area contributed by atoms with Crippen LogP contribution in [0.5, 0.6) is 0 Å². The lowest BCUT2D eigenvalue weighted by Gasteiger charge is -2.09. The first-order valence-electron chi connectivity index (χ1n) is 7.58. The number of carbonyl (C=O) groups is 2. The van der Waals surface area contributed by atoms with Crippen molar-refractivity contribution in [3.63, 3.8) is 0 Å². The highest BCUT2D eigenvalue weighted by Crippen LogP contribution is 2.16. The van der Waals surface area contributed by atoms with Crippen molar-refractivity contribution < 1.29 is 14.3 Å². The normalized spacial score (nSPS) is 10.8. The zero-order valence-electron chi connectivity index (χ0n) is 13.9. The van der Waals surface area contributed by atoms with E-state index in [1.807, 2.05) is 39.0 Å². The average Bonchev–Trinajstić information content (AvgIpc) is 2.54. The lowest BCUT2D eigenvalue weighted by Crippen LogP contribution is -2.14. The zero-order valence-corrected chi connectivity index (χ0v) is 14.7. The van der Waals surface area contributed by atoms with E-state index in [9.17, 15) is 9.59 Å². The van der Waals surface area contributed by atoms with Crippen LogP contribution in [0.25, 0.3) is 6.08 Å². The van der Waals surface area contributed by atoms with Crippen LogP contribution < -0.4 is 0 Å². The molecular formula is C20H19ClO3. The van der Waals surface area contributed by atoms with E-state index in [-0.39, 0.29) is 12.4 Å². The van der Waals surface area contributed by atoms with Crippen LogP contribution >= 0.6 is 11.6 Å². The molecule has 3 nitrogen and oxygen atoms in total. The standard InChI is InChI=1S/C20H19ClO3/c1-13-9-15(3)18(10-14(13)2)19(22)12-24-20(23)8-7-16-5-4-6-17(21)11-16/h4-11H,12H2,1-3H3. The van der Waals surface area contributed by atoms with Gasteiger partial charge in [-0.2, -0.15) is 0 Å². The van der Waals surface area contributed by atoms with Gasteiger partial charge >= 0.3 is 5.97 Å². The summed E-state index contributed by atoms with van der Waals surface area (Å²) in [5.41, 5.74) is 4.43. The van der Waals surface area contributed by atoms with Crippen molar-refractivity contribution in [2.24, 2.45) is 0 Å². The molecule has 0 aliphatic carbocycles. The third kappa shape index (κ3) is 4.80. The fourth-order valence-corrected chi connectivity index (χ4v) is 2.50. The summed E-state index contributed by atoms with van der Waals surface area (Å²) in [6, 6.07) is 10.9. The third-order valence-corrected chi connectivity index (χ3v) is 3.98. The maximum Gasteiger partial charge on any atom is 0.331 e. The van der Waals surface area contributed by atoms with Gasteiger partial charge in [-0.3, -0.25) is 4.79 Å². The van der Waals surface area contributed by atoms with E-state index in [4.69, 9.17) is 16.3 Å². The van der Waals surface area contributed by atoms with Crippen LogP contribution in [0.2, 0.25) is 5.02 Å². The third-order valence-electron chi connectivity index (χ3n) is 3.75. The highest BCUT2D eigenvalue weighted by atomic mass is 35.5. The van der Waals surface area contributed by atoms with Gasteiger partial charge in [0.2, 0.25) is 5.78 Å². The summed E-state index contributed by atoms with van der Waals surface area (Å²) in [5.74, 6) is -0.773. The van der Waals surface area contributed by atoms with Gasteiger partial charge < -0.3 is 4.74 Å². The number of hydrogen-bond donors (Lipinski definition) is 0. The fraction of sp³-hybridized carbons (Fsp3) is 0.200. The first kappa shape index (κ1) is 18.0. The molecule has 0 atom stereocenters. The van der Waals surface area contributed by atoms with Crippen molar-refractivity contribution in [2.45, 2.75) is 20.8 Å². The second-order valence-corrected chi connectivity index (χ2v) is 6.11. The predicted molar refractivity (Wildman–Crippen MR) is 96.4 cm³/mol. The molecule has 2 aromatic rings. The van der Waals surface area contributed by atoms with Gasteiger partial charge in [-0.15, -0.1) is 0 Å². The summed E-state index contributed by atoms with van der Waals surface area (Å²) in [6.45, 7) is 5.55. The number of carbonyl (C=O) groups excluding carboxylic acids is 2. The quantitative estimate of drug-likeness (QED) is 0.449. The lowest BCUT2D eigenvalue weighted by atomic mass is 9.98. The molecule has 0 spiro atoms. The maximum atomic E-state index is 12.2. The van der Waals surface area contributed by atoms with E-state index in [2.05, 4.69) is 0 Å². The molecule has 2 rings (SSSR count). The van der Waals surface area contributed by atoms with Gasteiger partial charge in [0.05, 0.1) is 0 Å². The van der Waals surface area contributed by atoms with Crippen molar-refractivity contribution >= 4 is 29.4 Å². The fourth-order valence-electron chi connectivity index (χ4n) is 2.30. The summed E-state index contributed by atoms with van der Waals surface area (Å²) in [7, 11) is 0. The average molecular weight is 343 g/mol. The van der Waals surface area contributed by atoms with Crippen LogP contribution in [0.15, 0.2) is 42.5 Å². The molecule has 4 heteroatoms. The Morgan fingerprint density at radius 3 is 2.46 bits per heavy atom. The molecule has 0 bridgehead atoms. The van der Waals surface area contributed by atoms with E-state index < -0.39 is 5.97 Å². The SMILES string of the molecule is Cc1cc(C)c(C(=O)COC(=O)C=Cc2cccc(Cl)c2)cc1C. The second kappa shape index (κ2) is 7.93. The van der Waals surface area contributed by atoms with Gasteiger partial charge in [0.25, 0.3) is 0 Å². The summed E-state index contributed by atoms with van der Waals surface area (Å²) in [5, 5.41) is 0.589. The van der Waals surface area contributed by atoms with E-state index in [0.29, 0.717) is 10.6 Å². The summed E-state index contributed by atoms with van der Waals surface area (Å²) in [6.07, 6.45) is 2.88. The maximum absolute atomic E-state index is 12.2. The van der Waals surface area contributed by atoms with E-state index in [1.165, 1.54) is 6.08 Å². The predicted octanol–water partition coefficient (Wildman–Crippen LogP) is 4.70. The largest absolute Gasteiger partial charge is 0.454 e. The Morgan fingerprint density at radius 2 is 1.75 bits per heavy atom. The molecule has 0 aliphatic heterocycles. The molecule has 0 radical (unpaired) electrons. The van der Waals surface area contributed by atoms with Gasteiger partial charge in [0.15, 0.2) is 6.61 Å². The first-order valence-corrected chi connectivity index (χ1v) is 7.96. The Labute approximate surface area is 146 Å². The number of aryl methyl sites for hydroxylation is 3. The Hall–Kier alpha value is -2.39. The number of hydrogen-bond acceptors (Lipinski definition) is 3. The number of ether oxygens (including phenoxy) is 1. The minimum atomic E-state index is -0.565. The molecule has 0 saturated carbocycles. The number of Topliss-reactive ketones (excluding diaryl/α,β-unsaturated/α-hetero) is 1. The van der Waals surface area contributed by atoms with Crippen LogP contribution in [0.4, 0.5) is 0 Å². The van der Waals surface area contributed by atoms with Crippen molar-refractivity contribution in [1.29, 1.82) is 0 Å². The van der Waals surface area contributed by atoms with E-state index >= 15 is 0 Å². The van der Waals surface area contributed by atoms with Gasteiger partial charge in [0, 0.05) is 16.7 Å². The zero-order chi connectivity index (χ0) is 17.7. The molecule has 0 aliphatic rings. The molecule has 0 N–H and O–H groups in total. The number of rotatable bonds is 5. The summed E-state index contributed by atoms with van der Waals surface area (Å²) < 4.78 is 5.03. The highest BCUT2D eigenvalue weighted by molar-refractivity contribution is 6.30. The molecule has 0 heterocycles. The lowest BCUT2D eigenvalue weighted by molar-refractivity contribution is -0.136. The minimum absolute atomic E-state index is 0.208. The number of benzene rings is 2. The molecular weight excluding hydrogens is 324 g/mol. The molecule has 0 aromatic heterocycles. The van der Waals surface area contributed by atoms with Crippen LogP contribution in [-0.4, -0.2) is 18.4 Å². The van der Waals surface area contributed by atoms with Crippen molar-refractivity contribution in [1.82, 2.24) is 0 Å². The van der Waals surface area contributed by atoms with Gasteiger partial charge in [-0.05, 0) is 67.3 Å². The molecule has 0 unspecified atom stereocenters. The van der Waals surface area contributed by atoms with Gasteiger partial charge in [-0.1, -0.05) is 29.8 Å². The van der Waals surface area contributed by atoms with Crippen LogP contribution in [0, 0.1) is 20.8 Å². The molecule has 124 valence electrons. The molecule has 0 amide bonds. The monoisotopic (exact) mass is 342 g/mol. The van der Waals surface area contributed by atoms with Gasteiger partial charge in [0.1, 0.15) is 0 Å². The van der Waals surface area contributed by atoms with Crippen molar-refractivity contribution in [3.05, 3.63) is 75.3 Å². The van der Waals surface area contributed by atoms with Crippen LogP contribution in [-0.2, 0) is 9.53 Å². The smallest absolute Gasteiger partial charge is 0.331 e. The number of esters is 1. The Morgan fingerprint density at radius 1 is 1.04 bits per heavy atom. The van der Waals surface area contributed by atoms with E-state index in [1.54, 1.807) is 24.3 Å². The second-order valence-electron chi connectivity index (χ2n) is 5.67. The minimum Gasteiger partial charge on any atom is -0.454 e. The Kier molecular flexibility index (Phi) is 5.93. The van der Waals surface area contributed by atoms with Crippen LogP contribution in [0.3, 0.4) is 0 Å². The molecule has 0 fully saturated rings. The van der Waals surface area contributed by atoms with Crippen molar-refractivity contribution in [3.8, 4) is 0 Å². The van der Waals surface area contributed by atoms with Crippen molar-refractivity contribution in [2.75, 3.05) is 6.61 Å². The van der Waals surface area contributed by atoms with E-state index in [0.717, 1.165) is 22.3 Å². The summed E-state index contributed by atoms with van der Waals surface area (Å²) in [4.78, 5) is 24.0. The van der Waals surface area contributed by atoms with Crippen LogP contribution in [0.1, 0.15) is 32.6 Å². The summed E-state index contributed by atoms with van der Waals surface area (Å²) >= 11 is 5.87.